The maximum Gasteiger partial charge on any atom is 0.271 e. The van der Waals surface area contributed by atoms with Gasteiger partial charge in [-0.2, -0.15) is 5.10 Å². The first kappa shape index (κ1) is 12.8. The highest BCUT2D eigenvalue weighted by molar-refractivity contribution is 5.94. The molecule has 0 radical (unpaired) electrons. The average molecular weight is 258 g/mol. The zero-order valence-electron chi connectivity index (χ0n) is 9.92. The number of hydrazone groups is 1. The third kappa shape index (κ3) is 3.92. The van der Waals surface area contributed by atoms with Crippen LogP contribution in [-0.4, -0.2) is 12.1 Å². The van der Waals surface area contributed by atoms with Crippen molar-refractivity contribution in [3.63, 3.8) is 0 Å². The van der Waals surface area contributed by atoms with E-state index >= 15 is 0 Å². The van der Waals surface area contributed by atoms with Crippen molar-refractivity contribution in [2.24, 2.45) is 5.10 Å². The molecule has 0 unspecified atom stereocenters. The smallest absolute Gasteiger partial charge is 0.271 e. The highest BCUT2D eigenvalue weighted by atomic mass is 19.1. The number of benzene rings is 1. The predicted octanol–water partition coefficient (Wildman–Crippen LogP) is 2.85. The van der Waals surface area contributed by atoms with Gasteiger partial charge in [0.2, 0.25) is 0 Å². The highest BCUT2D eigenvalue weighted by Crippen LogP contribution is 2.03. The van der Waals surface area contributed by atoms with Gasteiger partial charge in [0.1, 0.15) is 11.6 Å². The molecule has 96 valence electrons. The van der Waals surface area contributed by atoms with Crippen LogP contribution in [0.2, 0.25) is 0 Å². The summed E-state index contributed by atoms with van der Waals surface area (Å²) in [6, 6.07) is 8.94. The maximum atomic E-state index is 12.9. The summed E-state index contributed by atoms with van der Waals surface area (Å²) in [5, 5.41) is 3.70. The van der Waals surface area contributed by atoms with Crippen LogP contribution < -0.4 is 5.43 Å². The number of amides is 1. The number of nitrogens with one attached hydrogen (secondary N) is 1. The lowest BCUT2D eigenvalue weighted by Crippen LogP contribution is -2.17. The quantitative estimate of drug-likeness (QED) is 0.677. The van der Waals surface area contributed by atoms with E-state index in [0.29, 0.717) is 5.76 Å². The molecular formula is C14H11FN2O2. The van der Waals surface area contributed by atoms with Gasteiger partial charge in [-0.05, 0) is 42.5 Å². The normalized spacial score (nSPS) is 11.2. The number of hydrogen-bond acceptors (Lipinski definition) is 3. The molecule has 1 aromatic heterocycles. The first-order valence-corrected chi connectivity index (χ1v) is 5.55. The van der Waals surface area contributed by atoms with Gasteiger partial charge in [-0.1, -0.05) is 6.07 Å². The van der Waals surface area contributed by atoms with E-state index in [0.717, 1.165) is 6.07 Å². The Kier molecular flexibility index (Phi) is 4.23. The molecule has 0 spiro atoms. The number of nitrogens with zero attached hydrogens (tertiary/aromatic N) is 1. The number of furan rings is 1. The zero-order chi connectivity index (χ0) is 13.5. The number of allylic oxidation sites excluding steroid dienone is 1. The summed E-state index contributed by atoms with van der Waals surface area (Å²) in [5.41, 5.74) is 2.50. The Bertz CT molecular complexity index is 604. The largest absolute Gasteiger partial charge is 0.465 e. The molecule has 0 aliphatic heterocycles. The molecule has 2 rings (SSSR count). The standard InChI is InChI=1S/C14H11FN2O2/c15-12-5-1-4-11(10-12)14(18)17-16-8-2-6-13-7-3-9-19-13/h1-10H,(H,17,18)/b6-2+,16-8-. The minimum Gasteiger partial charge on any atom is -0.465 e. The monoisotopic (exact) mass is 258 g/mol. The van der Waals surface area contributed by atoms with Gasteiger partial charge in [-0.3, -0.25) is 4.79 Å². The molecule has 0 fully saturated rings. The topological polar surface area (TPSA) is 54.6 Å². The molecule has 1 amide bonds. The fourth-order valence-corrected chi connectivity index (χ4v) is 1.36. The van der Waals surface area contributed by atoms with E-state index in [9.17, 15) is 9.18 Å². The fourth-order valence-electron chi connectivity index (χ4n) is 1.36. The van der Waals surface area contributed by atoms with E-state index in [4.69, 9.17) is 4.42 Å². The van der Waals surface area contributed by atoms with E-state index in [2.05, 4.69) is 10.5 Å². The zero-order valence-corrected chi connectivity index (χ0v) is 9.92. The number of carbonyl (C=O) groups excluding carboxylic acids is 1. The van der Waals surface area contributed by atoms with Gasteiger partial charge in [-0.15, -0.1) is 0 Å². The Morgan fingerprint density at radius 1 is 1.32 bits per heavy atom. The second kappa shape index (κ2) is 6.30. The van der Waals surface area contributed by atoms with E-state index in [1.165, 1.54) is 24.4 Å². The van der Waals surface area contributed by atoms with Crippen molar-refractivity contribution in [3.05, 3.63) is 65.9 Å². The van der Waals surface area contributed by atoms with Gasteiger partial charge in [-0.25, -0.2) is 9.82 Å². The molecule has 1 aromatic carbocycles. The van der Waals surface area contributed by atoms with Gasteiger partial charge in [0.25, 0.3) is 5.91 Å². The summed E-state index contributed by atoms with van der Waals surface area (Å²) >= 11 is 0. The molecule has 0 bridgehead atoms. The van der Waals surface area contributed by atoms with Crippen LogP contribution >= 0.6 is 0 Å². The number of halogens is 1. The van der Waals surface area contributed by atoms with Gasteiger partial charge >= 0.3 is 0 Å². The number of hydrogen-bond donors (Lipinski definition) is 1. The Balaban J connectivity index is 1.87. The fraction of sp³-hybridized carbons (Fsp3) is 0. The summed E-state index contributed by atoms with van der Waals surface area (Å²) in [4.78, 5) is 11.6. The minimum absolute atomic E-state index is 0.215. The molecule has 0 atom stereocenters. The molecule has 1 N–H and O–H groups in total. The summed E-state index contributed by atoms with van der Waals surface area (Å²) in [6.07, 6.45) is 6.27. The van der Waals surface area contributed by atoms with Gasteiger partial charge in [0, 0.05) is 11.8 Å². The third-order valence-corrected chi connectivity index (χ3v) is 2.22. The van der Waals surface area contributed by atoms with Gasteiger partial charge < -0.3 is 4.42 Å². The molecule has 5 heteroatoms. The van der Waals surface area contributed by atoms with E-state index in [1.807, 2.05) is 0 Å². The Labute approximate surface area is 109 Å². The first-order chi connectivity index (χ1) is 9.25. The summed E-state index contributed by atoms with van der Waals surface area (Å²) in [5.74, 6) is -0.251. The van der Waals surface area contributed by atoms with Crippen LogP contribution in [0.5, 0.6) is 0 Å². The first-order valence-electron chi connectivity index (χ1n) is 5.55. The van der Waals surface area contributed by atoms with Crippen molar-refractivity contribution in [1.29, 1.82) is 0 Å². The molecule has 1 heterocycles. The predicted molar refractivity (Wildman–Crippen MR) is 70.1 cm³/mol. The van der Waals surface area contributed by atoms with Crippen molar-refractivity contribution < 1.29 is 13.6 Å². The Morgan fingerprint density at radius 3 is 2.95 bits per heavy atom. The van der Waals surface area contributed by atoms with Crippen LogP contribution in [-0.2, 0) is 0 Å². The van der Waals surface area contributed by atoms with Crippen LogP contribution in [0.3, 0.4) is 0 Å². The minimum atomic E-state index is -0.470. The molecule has 0 saturated heterocycles. The average Bonchev–Trinajstić information content (AvgIpc) is 2.91. The van der Waals surface area contributed by atoms with Gasteiger partial charge in [0.15, 0.2) is 0 Å². The van der Waals surface area contributed by atoms with E-state index in [-0.39, 0.29) is 5.56 Å². The molecule has 19 heavy (non-hydrogen) atoms. The second-order valence-electron chi connectivity index (χ2n) is 3.60. The Morgan fingerprint density at radius 2 is 2.21 bits per heavy atom. The van der Waals surface area contributed by atoms with Crippen LogP contribution in [0.1, 0.15) is 16.1 Å². The Hall–Kier alpha value is -2.69. The number of rotatable bonds is 4. The van der Waals surface area contributed by atoms with Gasteiger partial charge in [0.05, 0.1) is 6.26 Å². The van der Waals surface area contributed by atoms with Crippen LogP contribution in [0.15, 0.2) is 58.3 Å². The molecule has 0 saturated carbocycles. The lowest BCUT2D eigenvalue weighted by Gasteiger charge is -1.98. The van der Waals surface area contributed by atoms with E-state index < -0.39 is 11.7 Å². The van der Waals surface area contributed by atoms with Crippen molar-refractivity contribution in [2.75, 3.05) is 0 Å². The molecular weight excluding hydrogens is 247 g/mol. The summed E-state index contributed by atoms with van der Waals surface area (Å²) in [6.45, 7) is 0. The SMILES string of the molecule is O=C(N/N=C\C=C\c1ccco1)c1cccc(F)c1. The van der Waals surface area contributed by atoms with E-state index in [1.54, 1.807) is 30.5 Å². The van der Waals surface area contributed by atoms with Crippen LogP contribution in [0, 0.1) is 5.82 Å². The molecule has 2 aromatic rings. The highest BCUT2D eigenvalue weighted by Gasteiger charge is 2.03. The lowest BCUT2D eigenvalue weighted by atomic mass is 10.2. The van der Waals surface area contributed by atoms with Crippen molar-refractivity contribution in [1.82, 2.24) is 5.43 Å². The summed E-state index contributed by atoms with van der Waals surface area (Å²) in [7, 11) is 0. The second-order valence-corrected chi connectivity index (χ2v) is 3.60. The van der Waals surface area contributed by atoms with Crippen molar-refractivity contribution in [2.45, 2.75) is 0 Å². The molecule has 4 nitrogen and oxygen atoms in total. The van der Waals surface area contributed by atoms with Crippen molar-refractivity contribution >= 4 is 18.2 Å². The van der Waals surface area contributed by atoms with Crippen LogP contribution in [0.4, 0.5) is 4.39 Å². The summed E-state index contributed by atoms with van der Waals surface area (Å²) < 4.78 is 18.0. The third-order valence-electron chi connectivity index (χ3n) is 2.22. The molecule has 0 aliphatic rings. The lowest BCUT2D eigenvalue weighted by molar-refractivity contribution is 0.0954. The van der Waals surface area contributed by atoms with Crippen molar-refractivity contribution in [3.8, 4) is 0 Å². The van der Waals surface area contributed by atoms with Crippen LogP contribution in [0.25, 0.3) is 6.08 Å². The maximum absolute atomic E-state index is 12.9. The molecule has 0 aliphatic carbocycles. The number of carbonyl (C=O) groups is 1.